The minimum Gasteiger partial charge on any atom is -0.504 e. The van der Waals surface area contributed by atoms with Gasteiger partial charge < -0.3 is 19.3 Å². The third-order valence-electron chi connectivity index (χ3n) is 3.44. The average Bonchev–Trinajstić information content (AvgIpc) is 2.56. The first-order valence-corrected chi connectivity index (χ1v) is 7.99. The van der Waals surface area contributed by atoms with Crippen molar-refractivity contribution in [2.45, 2.75) is 13.8 Å². The molecule has 6 heteroatoms. The summed E-state index contributed by atoms with van der Waals surface area (Å²) in [7, 11) is 1.40. The molecule has 0 aliphatic carbocycles. The van der Waals surface area contributed by atoms with Crippen LogP contribution in [0.15, 0.2) is 30.3 Å². The SMILES string of the molecule is COc1cc(-c2cc(F)c(OCCOCC(C)C)c(F)c2)ccc1O. The van der Waals surface area contributed by atoms with Gasteiger partial charge in [-0.2, -0.15) is 0 Å². The Balaban J connectivity index is 2.11. The Hall–Kier alpha value is -2.34. The number of benzene rings is 2. The van der Waals surface area contributed by atoms with Crippen molar-refractivity contribution in [1.29, 1.82) is 0 Å². The molecule has 0 saturated carbocycles. The molecule has 25 heavy (non-hydrogen) atoms. The van der Waals surface area contributed by atoms with Gasteiger partial charge in [0, 0.05) is 6.61 Å². The van der Waals surface area contributed by atoms with Gasteiger partial charge in [-0.25, -0.2) is 8.78 Å². The third kappa shape index (κ3) is 5.06. The van der Waals surface area contributed by atoms with Crippen molar-refractivity contribution in [3.05, 3.63) is 42.0 Å². The van der Waals surface area contributed by atoms with Crippen LogP contribution in [-0.4, -0.2) is 32.0 Å². The maximum absolute atomic E-state index is 14.2. The summed E-state index contributed by atoms with van der Waals surface area (Å²) in [6.07, 6.45) is 0. The molecule has 0 unspecified atom stereocenters. The lowest BCUT2D eigenvalue weighted by molar-refractivity contribution is 0.0795. The molecule has 1 N–H and O–H groups in total. The van der Waals surface area contributed by atoms with Gasteiger partial charge in [0.1, 0.15) is 6.61 Å². The molecule has 0 aliphatic heterocycles. The van der Waals surface area contributed by atoms with Crippen molar-refractivity contribution in [3.8, 4) is 28.4 Å². The monoisotopic (exact) mass is 352 g/mol. The highest BCUT2D eigenvalue weighted by molar-refractivity contribution is 5.68. The number of halogens is 2. The summed E-state index contributed by atoms with van der Waals surface area (Å²) >= 11 is 0. The van der Waals surface area contributed by atoms with Gasteiger partial charge in [-0.3, -0.25) is 0 Å². The summed E-state index contributed by atoms with van der Waals surface area (Å²) in [5.74, 6) is -1.47. The molecule has 2 aromatic carbocycles. The standard InChI is InChI=1S/C19H22F2O4/c1-12(2)11-24-6-7-25-19-15(20)8-14(9-16(19)21)13-4-5-17(22)18(10-13)23-3/h4-5,8-10,12,22H,6-7,11H2,1-3H3. The Morgan fingerprint density at radius 1 is 1.00 bits per heavy atom. The lowest BCUT2D eigenvalue weighted by Crippen LogP contribution is -2.11. The van der Waals surface area contributed by atoms with Crippen molar-refractivity contribution < 1.29 is 28.1 Å². The molecule has 0 saturated heterocycles. The molecule has 136 valence electrons. The van der Waals surface area contributed by atoms with E-state index in [-0.39, 0.29) is 24.7 Å². The lowest BCUT2D eigenvalue weighted by atomic mass is 10.0. The Bertz CT molecular complexity index is 694. The van der Waals surface area contributed by atoms with Gasteiger partial charge in [-0.05, 0) is 41.3 Å². The maximum atomic E-state index is 14.2. The second kappa shape index (κ2) is 8.67. The topological polar surface area (TPSA) is 47.9 Å². The van der Waals surface area contributed by atoms with Crippen molar-refractivity contribution in [2.24, 2.45) is 5.92 Å². The van der Waals surface area contributed by atoms with Gasteiger partial charge in [0.05, 0.1) is 13.7 Å². The highest BCUT2D eigenvalue weighted by Gasteiger charge is 2.15. The summed E-state index contributed by atoms with van der Waals surface area (Å²) in [6.45, 7) is 4.91. The summed E-state index contributed by atoms with van der Waals surface area (Å²) in [5.41, 5.74) is 0.830. The van der Waals surface area contributed by atoms with Crippen LogP contribution in [0.5, 0.6) is 17.2 Å². The van der Waals surface area contributed by atoms with Gasteiger partial charge in [0.15, 0.2) is 28.9 Å². The van der Waals surface area contributed by atoms with Crippen LogP contribution in [0.25, 0.3) is 11.1 Å². The Kier molecular flexibility index (Phi) is 6.58. The fourth-order valence-corrected chi connectivity index (χ4v) is 2.24. The second-order valence-electron chi connectivity index (χ2n) is 5.97. The first-order valence-electron chi connectivity index (χ1n) is 7.99. The van der Waals surface area contributed by atoms with Crippen LogP contribution in [0.3, 0.4) is 0 Å². The zero-order valence-electron chi connectivity index (χ0n) is 14.5. The molecule has 0 spiro atoms. The van der Waals surface area contributed by atoms with Gasteiger partial charge >= 0.3 is 0 Å². The number of methoxy groups -OCH3 is 1. The van der Waals surface area contributed by atoms with E-state index in [1.165, 1.54) is 31.4 Å². The molecule has 0 amide bonds. The van der Waals surface area contributed by atoms with Gasteiger partial charge in [-0.15, -0.1) is 0 Å². The molecule has 0 aromatic heterocycles. The number of hydrogen-bond acceptors (Lipinski definition) is 4. The third-order valence-corrected chi connectivity index (χ3v) is 3.44. The number of phenols is 1. The van der Waals surface area contributed by atoms with Crippen LogP contribution in [0.4, 0.5) is 8.78 Å². The molecule has 2 aromatic rings. The Labute approximate surface area is 146 Å². The number of hydrogen-bond donors (Lipinski definition) is 1. The van der Waals surface area contributed by atoms with E-state index in [0.29, 0.717) is 23.7 Å². The quantitative estimate of drug-likeness (QED) is 0.716. The van der Waals surface area contributed by atoms with Gasteiger partial charge in [0.25, 0.3) is 0 Å². The largest absolute Gasteiger partial charge is 0.504 e. The van der Waals surface area contributed by atoms with Crippen LogP contribution >= 0.6 is 0 Å². The van der Waals surface area contributed by atoms with Crippen molar-refractivity contribution in [2.75, 3.05) is 26.9 Å². The van der Waals surface area contributed by atoms with Crippen molar-refractivity contribution in [3.63, 3.8) is 0 Å². The van der Waals surface area contributed by atoms with E-state index in [1.807, 2.05) is 13.8 Å². The summed E-state index contributed by atoms with van der Waals surface area (Å²) < 4.78 is 43.9. The summed E-state index contributed by atoms with van der Waals surface area (Å²) in [5, 5.41) is 9.61. The van der Waals surface area contributed by atoms with Crippen LogP contribution in [0.1, 0.15) is 13.8 Å². The minimum absolute atomic E-state index is 0.0476. The smallest absolute Gasteiger partial charge is 0.190 e. The van der Waals surface area contributed by atoms with E-state index < -0.39 is 17.4 Å². The summed E-state index contributed by atoms with van der Waals surface area (Å²) in [4.78, 5) is 0. The molecular weight excluding hydrogens is 330 g/mol. The normalized spacial score (nSPS) is 11.0. The Morgan fingerprint density at radius 3 is 2.28 bits per heavy atom. The van der Waals surface area contributed by atoms with E-state index in [4.69, 9.17) is 14.2 Å². The molecule has 0 heterocycles. The maximum Gasteiger partial charge on any atom is 0.190 e. The van der Waals surface area contributed by atoms with Gasteiger partial charge in [0.2, 0.25) is 0 Å². The number of ether oxygens (including phenoxy) is 3. The predicted octanol–water partition coefficient (Wildman–Crippen LogP) is 4.40. The number of rotatable bonds is 8. The van der Waals surface area contributed by atoms with E-state index in [2.05, 4.69) is 0 Å². The first-order chi connectivity index (χ1) is 11.9. The number of aromatic hydroxyl groups is 1. The second-order valence-corrected chi connectivity index (χ2v) is 5.97. The highest BCUT2D eigenvalue weighted by atomic mass is 19.1. The van der Waals surface area contributed by atoms with E-state index in [1.54, 1.807) is 6.07 Å². The van der Waals surface area contributed by atoms with Crippen molar-refractivity contribution >= 4 is 0 Å². The molecule has 0 radical (unpaired) electrons. The van der Waals surface area contributed by atoms with Crippen LogP contribution in [0, 0.1) is 17.6 Å². The average molecular weight is 352 g/mol. The fourth-order valence-electron chi connectivity index (χ4n) is 2.24. The lowest BCUT2D eigenvalue weighted by Gasteiger charge is -2.12. The molecule has 4 nitrogen and oxygen atoms in total. The van der Waals surface area contributed by atoms with E-state index in [0.717, 1.165) is 0 Å². The molecule has 0 atom stereocenters. The van der Waals surface area contributed by atoms with E-state index >= 15 is 0 Å². The Morgan fingerprint density at radius 2 is 1.68 bits per heavy atom. The predicted molar refractivity (Wildman–Crippen MR) is 91.2 cm³/mol. The molecule has 0 bridgehead atoms. The van der Waals surface area contributed by atoms with E-state index in [9.17, 15) is 13.9 Å². The first kappa shape index (κ1) is 19.0. The van der Waals surface area contributed by atoms with Crippen molar-refractivity contribution in [1.82, 2.24) is 0 Å². The molecule has 2 rings (SSSR count). The van der Waals surface area contributed by atoms with Crippen LogP contribution in [-0.2, 0) is 4.74 Å². The summed E-state index contributed by atoms with van der Waals surface area (Å²) in [6, 6.07) is 6.81. The minimum atomic E-state index is -0.800. The van der Waals surface area contributed by atoms with Crippen LogP contribution < -0.4 is 9.47 Å². The molecular formula is C19H22F2O4. The van der Waals surface area contributed by atoms with Crippen LogP contribution in [0.2, 0.25) is 0 Å². The molecule has 0 aliphatic rings. The highest BCUT2D eigenvalue weighted by Crippen LogP contribution is 2.34. The fraction of sp³-hybridized carbons (Fsp3) is 0.368. The zero-order chi connectivity index (χ0) is 18.4. The van der Waals surface area contributed by atoms with Gasteiger partial charge in [-0.1, -0.05) is 19.9 Å². The molecule has 0 fully saturated rings. The number of phenolic OH excluding ortho intramolecular Hbond substituents is 1. The zero-order valence-corrected chi connectivity index (χ0v) is 14.5.